The fraction of sp³-hybridized carbons (Fsp3) is 0.720. The molecule has 0 amide bonds. The fourth-order valence-electron chi connectivity index (χ4n) is 8.28. The van der Waals surface area contributed by atoms with Gasteiger partial charge >= 0.3 is 0 Å². The van der Waals surface area contributed by atoms with E-state index >= 15 is 0 Å². The summed E-state index contributed by atoms with van der Waals surface area (Å²) in [6.45, 7) is 4.80. The summed E-state index contributed by atoms with van der Waals surface area (Å²) in [6, 6.07) is 3.88. The molecule has 0 radical (unpaired) electrons. The van der Waals surface area contributed by atoms with Crippen molar-refractivity contribution in [2.24, 2.45) is 32.9 Å². The molecule has 2 saturated heterocycles. The summed E-state index contributed by atoms with van der Waals surface area (Å²) in [5.74, 6) is 0.906. The first-order chi connectivity index (χ1) is 14.9. The van der Waals surface area contributed by atoms with Crippen LogP contribution in [-0.2, 0) is 9.78 Å². The van der Waals surface area contributed by atoms with Gasteiger partial charge in [0.25, 0.3) is 0 Å². The minimum absolute atomic E-state index is 0.0112. The predicted molar refractivity (Wildman–Crippen MR) is 118 cm³/mol. The number of hydrogen-bond donors (Lipinski definition) is 1. The third kappa shape index (κ3) is 2.58. The molecular weight excluding hydrogens is 390 g/mol. The summed E-state index contributed by atoms with van der Waals surface area (Å²) in [5, 5.41) is 19.6. The van der Waals surface area contributed by atoms with Crippen LogP contribution in [0, 0.1) is 22.7 Å². The second kappa shape index (κ2) is 6.69. The van der Waals surface area contributed by atoms with E-state index in [0.717, 1.165) is 56.9 Å². The van der Waals surface area contributed by atoms with E-state index in [1.54, 1.807) is 12.4 Å². The molecule has 1 N–H and O–H groups in total. The van der Waals surface area contributed by atoms with Crippen LogP contribution in [0.4, 0.5) is 0 Å². The Morgan fingerprint density at radius 2 is 1.87 bits per heavy atom. The van der Waals surface area contributed by atoms with Gasteiger partial charge in [-0.2, -0.15) is 10.2 Å². The molecule has 3 heterocycles. The lowest BCUT2D eigenvalue weighted by molar-refractivity contribution is -0.535. The van der Waals surface area contributed by atoms with Crippen molar-refractivity contribution >= 4 is 11.9 Å². The van der Waals surface area contributed by atoms with Gasteiger partial charge in [-0.1, -0.05) is 13.8 Å². The normalized spacial score (nSPS) is 49.8. The molecule has 6 nitrogen and oxygen atoms in total. The summed E-state index contributed by atoms with van der Waals surface area (Å²) >= 11 is 0. The highest BCUT2D eigenvalue weighted by Crippen LogP contribution is 2.73. The SMILES string of the molecule is C[C@]12CC[C@H]3[C@]4(CC[C@]5(C[C@@H](O)CC[C@]35C)OO4)[C@@H]1CC/C2=N/N=C/c1ccncc1. The fourth-order valence-corrected chi connectivity index (χ4v) is 8.28. The highest BCUT2D eigenvalue weighted by molar-refractivity contribution is 5.93. The molecule has 2 aliphatic heterocycles. The van der Waals surface area contributed by atoms with Crippen LogP contribution in [0.25, 0.3) is 0 Å². The van der Waals surface area contributed by atoms with Crippen LogP contribution in [0.2, 0.25) is 0 Å². The molecule has 6 aliphatic rings. The van der Waals surface area contributed by atoms with Crippen LogP contribution in [0.3, 0.4) is 0 Å². The van der Waals surface area contributed by atoms with Gasteiger partial charge in [-0.3, -0.25) is 4.98 Å². The van der Waals surface area contributed by atoms with Crippen molar-refractivity contribution in [2.45, 2.75) is 88.9 Å². The van der Waals surface area contributed by atoms with E-state index in [1.807, 2.05) is 18.3 Å². The van der Waals surface area contributed by atoms with Gasteiger partial charge in [0.1, 0.15) is 11.2 Å². The number of aromatic nitrogens is 1. The van der Waals surface area contributed by atoms with Crippen LogP contribution in [0.5, 0.6) is 0 Å². The van der Waals surface area contributed by atoms with Crippen molar-refractivity contribution < 1.29 is 14.9 Å². The van der Waals surface area contributed by atoms with E-state index in [9.17, 15) is 5.11 Å². The van der Waals surface area contributed by atoms with Crippen LogP contribution in [-0.4, -0.2) is 39.3 Å². The highest BCUT2D eigenvalue weighted by atomic mass is 17.2. The topological polar surface area (TPSA) is 76.3 Å². The summed E-state index contributed by atoms with van der Waals surface area (Å²) in [4.78, 5) is 16.8. The maximum absolute atomic E-state index is 10.4. The van der Waals surface area contributed by atoms with Crippen molar-refractivity contribution in [3.8, 4) is 0 Å². The second-order valence-corrected chi connectivity index (χ2v) is 11.1. The Kier molecular flexibility index (Phi) is 4.32. The van der Waals surface area contributed by atoms with Crippen molar-refractivity contribution in [3.63, 3.8) is 0 Å². The number of pyridine rings is 1. The molecule has 31 heavy (non-hydrogen) atoms. The Bertz CT molecular complexity index is 923. The molecular formula is C25H33N3O3. The molecule has 0 aromatic carbocycles. The number of rotatable bonds is 2. The van der Waals surface area contributed by atoms with E-state index in [2.05, 4.69) is 23.9 Å². The third-order valence-corrected chi connectivity index (χ3v) is 9.97. The quantitative estimate of drug-likeness (QED) is 0.433. The van der Waals surface area contributed by atoms with Crippen LogP contribution in [0.1, 0.15) is 77.2 Å². The predicted octanol–water partition coefficient (Wildman–Crippen LogP) is 4.47. The molecule has 0 unspecified atom stereocenters. The molecule has 7 rings (SSSR count). The Labute approximate surface area is 184 Å². The molecule has 1 aromatic rings. The van der Waals surface area contributed by atoms with Crippen molar-refractivity contribution in [3.05, 3.63) is 30.1 Å². The number of aliphatic hydroxyl groups excluding tert-OH is 1. The lowest BCUT2D eigenvalue weighted by Crippen LogP contribution is -2.75. The van der Waals surface area contributed by atoms with Gasteiger partial charge < -0.3 is 5.11 Å². The number of nitrogens with zero attached hydrogens (tertiary/aromatic N) is 3. The number of aliphatic hydroxyl groups is 1. The average molecular weight is 424 g/mol. The average Bonchev–Trinajstić information content (AvgIpc) is 3.12. The molecule has 2 bridgehead atoms. The zero-order chi connectivity index (χ0) is 21.3. The first-order valence-corrected chi connectivity index (χ1v) is 12.0. The van der Waals surface area contributed by atoms with Crippen molar-refractivity contribution in [2.75, 3.05) is 0 Å². The molecule has 7 atom stereocenters. The van der Waals surface area contributed by atoms with Gasteiger partial charge in [-0.25, -0.2) is 9.78 Å². The van der Waals surface area contributed by atoms with E-state index in [1.165, 1.54) is 5.71 Å². The summed E-state index contributed by atoms with van der Waals surface area (Å²) in [7, 11) is 0. The minimum Gasteiger partial charge on any atom is -0.393 e. The number of fused-ring (bicyclic) bond motifs is 3. The third-order valence-electron chi connectivity index (χ3n) is 9.97. The summed E-state index contributed by atoms with van der Waals surface area (Å²) < 4.78 is 0. The maximum Gasteiger partial charge on any atom is 0.112 e. The largest absolute Gasteiger partial charge is 0.393 e. The van der Waals surface area contributed by atoms with E-state index < -0.39 is 0 Å². The van der Waals surface area contributed by atoms with Gasteiger partial charge in [0.05, 0.1) is 12.3 Å². The summed E-state index contributed by atoms with van der Waals surface area (Å²) in [6.07, 6.45) is 14.1. The Hall–Kier alpha value is -1.63. The molecule has 1 aromatic heterocycles. The van der Waals surface area contributed by atoms with Gasteiger partial charge in [0.2, 0.25) is 0 Å². The van der Waals surface area contributed by atoms with Crippen LogP contribution >= 0.6 is 0 Å². The molecule has 6 heteroatoms. The molecule has 4 saturated carbocycles. The number of hydrogen-bond acceptors (Lipinski definition) is 6. The first-order valence-electron chi connectivity index (χ1n) is 12.0. The van der Waals surface area contributed by atoms with Crippen molar-refractivity contribution in [1.29, 1.82) is 0 Å². The van der Waals surface area contributed by atoms with E-state index in [4.69, 9.17) is 14.9 Å². The zero-order valence-electron chi connectivity index (χ0n) is 18.6. The summed E-state index contributed by atoms with van der Waals surface area (Å²) in [5.41, 5.74) is 1.79. The van der Waals surface area contributed by atoms with Gasteiger partial charge in [-0.05, 0) is 75.0 Å². The maximum atomic E-state index is 10.4. The van der Waals surface area contributed by atoms with E-state index in [0.29, 0.717) is 18.3 Å². The minimum atomic E-state index is -0.310. The molecule has 2 spiro atoms. The van der Waals surface area contributed by atoms with Gasteiger partial charge in [0.15, 0.2) is 0 Å². The van der Waals surface area contributed by atoms with Crippen LogP contribution in [0.15, 0.2) is 34.7 Å². The van der Waals surface area contributed by atoms with Crippen molar-refractivity contribution in [1.82, 2.24) is 4.98 Å². The standard InChI is InChI=1S/C25H33N3O3/c1-22-9-6-20-23(2)10-5-18(29)15-24(23)11-12-25(20,31-30-24)19(22)3-4-21(22)28-27-16-17-7-13-26-14-8-17/h7-8,13-14,16,18-20,29H,3-6,9-12,15H2,1-2H3/b27-16+,28-21-/t18-,19+,20+,22-,23+,24+,25-/m0/s1. The first kappa shape index (κ1) is 20.0. The smallest absolute Gasteiger partial charge is 0.112 e. The highest BCUT2D eigenvalue weighted by Gasteiger charge is 2.75. The van der Waals surface area contributed by atoms with Crippen LogP contribution < -0.4 is 0 Å². The second-order valence-electron chi connectivity index (χ2n) is 11.1. The Morgan fingerprint density at radius 1 is 1.03 bits per heavy atom. The van der Waals surface area contributed by atoms with E-state index in [-0.39, 0.29) is 28.1 Å². The lowest BCUT2D eigenvalue weighted by atomic mass is 9.41. The molecule has 6 fully saturated rings. The molecule has 166 valence electrons. The van der Waals surface area contributed by atoms with Gasteiger partial charge in [0, 0.05) is 41.3 Å². The zero-order valence-corrected chi connectivity index (χ0v) is 18.6. The van der Waals surface area contributed by atoms with Gasteiger partial charge in [-0.15, -0.1) is 0 Å². The lowest BCUT2D eigenvalue weighted by Gasteiger charge is -2.71. The Balaban J connectivity index is 1.31. The monoisotopic (exact) mass is 423 g/mol. The molecule has 4 aliphatic carbocycles. The Morgan fingerprint density at radius 3 is 2.65 bits per heavy atom.